The highest BCUT2D eigenvalue weighted by Crippen LogP contribution is 2.32. The van der Waals surface area contributed by atoms with Crippen molar-refractivity contribution in [2.75, 3.05) is 5.73 Å². The molecule has 0 bridgehead atoms. The quantitative estimate of drug-likeness (QED) is 0.584. The molecule has 1 aromatic carbocycles. The van der Waals surface area contributed by atoms with Gasteiger partial charge in [0.05, 0.1) is 3.57 Å². The number of nitrogens with two attached hydrogens (primary N) is 1. The van der Waals surface area contributed by atoms with Crippen LogP contribution in [0.15, 0.2) is 17.5 Å². The van der Waals surface area contributed by atoms with Crippen LogP contribution in [-0.4, -0.2) is 0 Å². The van der Waals surface area contributed by atoms with Crippen LogP contribution >= 0.6 is 33.9 Å². The highest BCUT2D eigenvalue weighted by Gasteiger charge is 2.05. The fraction of sp³-hybridized carbons (Fsp3) is 0.111. The second-order valence-electron chi connectivity index (χ2n) is 2.76. The molecular formula is C9H8INS. The smallest absolute Gasteiger partial charge is 0.0538 e. The van der Waals surface area contributed by atoms with Crippen LogP contribution < -0.4 is 5.73 Å². The first-order valence-electron chi connectivity index (χ1n) is 3.62. The molecule has 0 saturated carbocycles. The van der Waals surface area contributed by atoms with E-state index in [1.807, 2.05) is 6.07 Å². The number of benzene rings is 1. The lowest BCUT2D eigenvalue weighted by Crippen LogP contribution is -1.87. The van der Waals surface area contributed by atoms with Crippen LogP contribution in [0.5, 0.6) is 0 Å². The monoisotopic (exact) mass is 289 g/mol. The Morgan fingerprint density at radius 2 is 2.17 bits per heavy atom. The molecule has 1 heterocycles. The number of anilines is 1. The van der Waals surface area contributed by atoms with Crippen molar-refractivity contribution in [1.29, 1.82) is 0 Å². The molecule has 2 rings (SSSR count). The molecule has 0 aliphatic rings. The van der Waals surface area contributed by atoms with Crippen molar-refractivity contribution in [1.82, 2.24) is 0 Å². The first-order valence-corrected chi connectivity index (χ1v) is 5.58. The van der Waals surface area contributed by atoms with Crippen molar-refractivity contribution in [3.63, 3.8) is 0 Å². The van der Waals surface area contributed by atoms with Gasteiger partial charge in [-0.3, -0.25) is 0 Å². The van der Waals surface area contributed by atoms with E-state index in [2.05, 4.69) is 41.0 Å². The molecule has 0 amide bonds. The minimum absolute atomic E-state index is 0.880. The number of halogens is 1. The van der Waals surface area contributed by atoms with Gasteiger partial charge in [-0.2, -0.15) is 0 Å². The van der Waals surface area contributed by atoms with Gasteiger partial charge in [-0.05, 0) is 51.9 Å². The molecule has 12 heavy (non-hydrogen) atoms. The van der Waals surface area contributed by atoms with Gasteiger partial charge in [0.15, 0.2) is 0 Å². The van der Waals surface area contributed by atoms with Crippen LogP contribution in [-0.2, 0) is 0 Å². The first kappa shape index (κ1) is 8.31. The fourth-order valence-electron chi connectivity index (χ4n) is 1.21. The molecule has 3 heteroatoms. The number of thiophene rings is 1. The standard InChI is InChI=1S/C9H8INS/c1-5-4-12-9-6(5)2-3-7(11)8(9)10/h2-4H,11H2,1H3. The maximum atomic E-state index is 5.79. The van der Waals surface area contributed by atoms with Gasteiger partial charge in [-0.25, -0.2) is 0 Å². The molecule has 1 aromatic heterocycles. The molecule has 0 fully saturated rings. The minimum atomic E-state index is 0.880. The van der Waals surface area contributed by atoms with E-state index in [0.29, 0.717) is 0 Å². The molecular weight excluding hydrogens is 281 g/mol. The van der Waals surface area contributed by atoms with Gasteiger partial charge in [-0.1, -0.05) is 6.07 Å². The number of hydrogen-bond acceptors (Lipinski definition) is 2. The zero-order valence-corrected chi connectivity index (χ0v) is 9.57. The van der Waals surface area contributed by atoms with Crippen molar-refractivity contribution >= 4 is 49.7 Å². The Morgan fingerprint density at radius 1 is 1.42 bits per heavy atom. The van der Waals surface area contributed by atoms with Crippen LogP contribution in [0.25, 0.3) is 10.1 Å². The molecule has 0 saturated heterocycles. The molecule has 1 nitrogen and oxygen atoms in total. The molecule has 0 spiro atoms. The molecule has 2 aromatic rings. The minimum Gasteiger partial charge on any atom is -0.398 e. The Balaban J connectivity index is 2.93. The van der Waals surface area contributed by atoms with Gasteiger partial charge >= 0.3 is 0 Å². The molecule has 0 aliphatic heterocycles. The highest BCUT2D eigenvalue weighted by atomic mass is 127. The largest absolute Gasteiger partial charge is 0.398 e. The summed E-state index contributed by atoms with van der Waals surface area (Å²) in [5.74, 6) is 0. The van der Waals surface area contributed by atoms with Crippen LogP contribution in [0.1, 0.15) is 5.56 Å². The van der Waals surface area contributed by atoms with E-state index < -0.39 is 0 Å². The third-order valence-corrected chi connectivity index (χ3v) is 4.56. The second kappa shape index (κ2) is 2.88. The van der Waals surface area contributed by atoms with Gasteiger partial charge in [0.1, 0.15) is 0 Å². The van der Waals surface area contributed by atoms with Crippen molar-refractivity contribution in [3.8, 4) is 0 Å². The fourth-order valence-corrected chi connectivity index (χ4v) is 3.06. The highest BCUT2D eigenvalue weighted by molar-refractivity contribution is 14.1. The molecule has 0 radical (unpaired) electrons. The van der Waals surface area contributed by atoms with E-state index in [-0.39, 0.29) is 0 Å². The van der Waals surface area contributed by atoms with E-state index >= 15 is 0 Å². The summed E-state index contributed by atoms with van der Waals surface area (Å²) < 4.78 is 2.50. The second-order valence-corrected chi connectivity index (χ2v) is 4.72. The molecule has 0 aliphatic carbocycles. The lowest BCUT2D eigenvalue weighted by molar-refractivity contribution is 1.59. The van der Waals surface area contributed by atoms with Crippen LogP contribution in [0, 0.1) is 10.5 Å². The summed E-state index contributed by atoms with van der Waals surface area (Å²) in [5.41, 5.74) is 8.01. The maximum absolute atomic E-state index is 5.79. The third-order valence-electron chi connectivity index (χ3n) is 1.91. The first-order chi connectivity index (χ1) is 5.70. The summed E-state index contributed by atoms with van der Waals surface area (Å²) >= 11 is 4.07. The van der Waals surface area contributed by atoms with Gasteiger partial charge < -0.3 is 5.73 Å². The van der Waals surface area contributed by atoms with Crippen LogP contribution in [0.4, 0.5) is 5.69 Å². The molecule has 0 unspecified atom stereocenters. The number of nitrogen functional groups attached to an aromatic ring is 1. The lowest BCUT2D eigenvalue weighted by Gasteiger charge is -1.98. The SMILES string of the molecule is Cc1csc2c(I)c(N)ccc12. The summed E-state index contributed by atoms with van der Waals surface area (Å²) in [6.45, 7) is 2.13. The number of hydrogen-bond donors (Lipinski definition) is 1. The summed E-state index contributed by atoms with van der Waals surface area (Å²) in [6.07, 6.45) is 0. The van der Waals surface area contributed by atoms with E-state index in [1.54, 1.807) is 11.3 Å². The average molecular weight is 289 g/mol. The topological polar surface area (TPSA) is 26.0 Å². The van der Waals surface area contributed by atoms with Gasteiger partial charge in [-0.15, -0.1) is 11.3 Å². The Labute approximate surface area is 88.7 Å². The van der Waals surface area contributed by atoms with Gasteiger partial charge in [0.2, 0.25) is 0 Å². The number of rotatable bonds is 0. The summed E-state index contributed by atoms with van der Waals surface area (Å²) in [5, 5.41) is 3.50. The van der Waals surface area contributed by atoms with Gasteiger partial charge in [0.25, 0.3) is 0 Å². The van der Waals surface area contributed by atoms with E-state index in [1.165, 1.54) is 19.2 Å². The molecule has 62 valence electrons. The summed E-state index contributed by atoms with van der Waals surface area (Å²) in [7, 11) is 0. The number of fused-ring (bicyclic) bond motifs is 1. The van der Waals surface area contributed by atoms with Crippen LogP contribution in [0.2, 0.25) is 0 Å². The average Bonchev–Trinajstić information content (AvgIpc) is 2.41. The lowest BCUT2D eigenvalue weighted by atomic mass is 10.2. The van der Waals surface area contributed by atoms with Crippen molar-refractivity contribution in [3.05, 3.63) is 26.6 Å². The molecule has 2 N–H and O–H groups in total. The Kier molecular flexibility index (Phi) is 2.00. The Hall–Kier alpha value is -0.290. The summed E-state index contributed by atoms with van der Waals surface area (Å²) in [6, 6.07) is 4.07. The zero-order chi connectivity index (χ0) is 8.72. The van der Waals surface area contributed by atoms with E-state index in [0.717, 1.165) is 5.69 Å². The Bertz CT molecular complexity index is 433. The van der Waals surface area contributed by atoms with Crippen molar-refractivity contribution in [2.24, 2.45) is 0 Å². The summed E-state index contributed by atoms with van der Waals surface area (Å²) in [4.78, 5) is 0. The third kappa shape index (κ3) is 1.11. The van der Waals surface area contributed by atoms with Crippen LogP contribution in [0.3, 0.4) is 0 Å². The van der Waals surface area contributed by atoms with E-state index in [4.69, 9.17) is 5.73 Å². The van der Waals surface area contributed by atoms with E-state index in [9.17, 15) is 0 Å². The maximum Gasteiger partial charge on any atom is 0.0538 e. The molecule has 0 atom stereocenters. The normalized spacial score (nSPS) is 10.8. The van der Waals surface area contributed by atoms with Gasteiger partial charge in [0, 0.05) is 10.4 Å². The number of aryl methyl sites for hydroxylation is 1. The predicted molar refractivity (Wildman–Crippen MR) is 63.7 cm³/mol. The van der Waals surface area contributed by atoms with Crippen molar-refractivity contribution < 1.29 is 0 Å². The zero-order valence-electron chi connectivity index (χ0n) is 6.60. The Morgan fingerprint density at radius 3 is 2.92 bits per heavy atom. The van der Waals surface area contributed by atoms with Crippen molar-refractivity contribution in [2.45, 2.75) is 6.92 Å². The predicted octanol–water partition coefficient (Wildman–Crippen LogP) is 3.40.